The molecule has 7 nitrogen and oxygen atoms in total. The van der Waals surface area contributed by atoms with Gasteiger partial charge in [-0.2, -0.15) is 13.2 Å². The minimum Gasteiger partial charge on any atom is -0.472 e. The Balaban J connectivity index is 1.41. The summed E-state index contributed by atoms with van der Waals surface area (Å²) in [4.78, 5) is 29.9. The van der Waals surface area contributed by atoms with Crippen LogP contribution in [0.25, 0.3) is 11.1 Å². The number of amides is 1. The molecule has 29 heavy (non-hydrogen) atoms. The highest BCUT2D eigenvalue weighted by Gasteiger charge is 2.32. The van der Waals surface area contributed by atoms with Gasteiger partial charge in [0.2, 0.25) is 11.8 Å². The molecule has 3 heterocycles. The van der Waals surface area contributed by atoms with Gasteiger partial charge in [0.15, 0.2) is 5.58 Å². The van der Waals surface area contributed by atoms with Gasteiger partial charge in [0.25, 0.3) is 0 Å². The second kappa shape index (κ2) is 7.26. The fraction of sp³-hybridized carbons (Fsp3) is 0.316. The lowest BCUT2D eigenvalue weighted by Gasteiger charge is -2.17. The summed E-state index contributed by atoms with van der Waals surface area (Å²) in [5.41, 5.74) is 0.0641. The Hall–Kier alpha value is -3.30. The van der Waals surface area contributed by atoms with Crippen molar-refractivity contribution in [2.45, 2.75) is 25.2 Å². The third-order valence-electron chi connectivity index (χ3n) is 4.71. The summed E-state index contributed by atoms with van der Waals surface area (Å²) >= 11 is 0. The first-order valence-corrected chi connectivity index (χ1v) is 8.87. The quantitative estimate of drug-likeness (QED) is 0.665. The van der Waals surface area contributed by atoms with Crippen molar-refractivity contribution in [3.8, 4) is 5.88 Å². The van der Waals surface area contributed by atoms with Crippen molar-refractivity contribution in [3.05, 3.63) is 58.7 Å². The molecule has 1 unspecified atom stereocenters. The van der Waals surface area contributed by atoms with Crippen LogP contribution in [0, 0.1) is 0 Å². The van der Waals surface area contributed by atoms with E-state index in [1.54, 1.807) is 24.3 Å². The Bertz CT molecular complexity index is 1110. The number of pyridine rings is 1. The molecule has 1 aliphatic rings. The SMILES string of the molecule is O=C(Cn1c(=O)oc2ccccc21)N1CCC(Oc2cc(C(F)(F)F)ccn2)C1. The molecular weight excluding hydrogens is 391 g/mol. The van der Waals surface area contributed by atoms with Crippen LogP contribution in [-0.4, -0.2) is 39.6 Å². The molecule has 1 amide bonds. The minimum atomic E-state index is -4.49. The number of oxazole rings is 1. The lowest BCUT2D eigenvalue weighted by molar-refractivity contribution is -0.137. The zero-order valence-corrected chi connectivity index (χ0v) is 15.1. The van der Waals surface area contributed by atoms with Crippen LogP contribution in [-0.2, 0) is 17.5 Å². The Morgan fingerprint density at radius 1 is 1.28 bits per heavy atom. The van der Waals surface area contributed by atoms with E-state index in [1.807, 2.05) is 0 Å². The van der Waals surface area contributed by atoms with Crippen LogP contribution in [0.2, 0.25) is 0 Å². The van der Waals surface area contributed by atoms with Crippen molar-refractivity contribution in [1.29, 1.82) is 0 Å². The van der Waals surface area contributed by atoms with E-state index in [1.165, 1.54) is 9.47 Å². The number of benzene rings is 1. The van der Waals surface area contributed by atoms with Gasteiger partial charge in [-0.25, -0.2) is 9.78 Å². The highest BCUT2D eigenvalue weighted by atomic mass is 19.4. The van der Waals surface area contributed by atoms with Crippen molar-refractivity contribution in [2.75, 3.05) is 13.1 Å². The van der Waals surface area contributed by atoms with E-state index in [2.05, 4.69) is 4.98 Å². The summed E-state index contributed by atoms with van der Waals surface area (Å²) in [7, 11) is 0. The summed E-state index contributed by atoms with van der Waals surface area (Å²) in [6.45, 7) is 0.374. The van der Waals surface area contributed by atoms with Gasteiger partial charge < -0.3 is 14.1 Å². The molecule has 1 saturated heterocycles. The number of carbonyl (C=O) groups is 1. The molecule has 10 heteroatoms. The molecule has 152 valence electrons. The topological polar surface area (TPSA) is 77.6 Å². The van der Waals surface area contributed by atoms with E-state index in [-0.39, 0.29) is 24.9 Å². The Morgan fingerprint density at radius 3 is 2.86 bits per heavy atom. The van der Waals surface area contributed by atoms with Gasteiger partial charge in [-0.1, -0.05) is 12.1 Å². The fourth-order valence-electron chi connectivity index (χ4n) is 3.27. The number of likely N-dealkylation sites (tertiary alicyclic amines) is 1. The van der Waals surface area contributed by atoms with E-state index in [4.69, 9.17) is 9.15 Å². The van der Waals surface area contributed by atoms with Gasteiger partial charge in [-0.05, 0) is 18.2 Å². The third-order valence-corrected chi connectivity index (χ3v) is 4.71. The van der Waals surface area contributed by atoms with Crippen LogP contribution in [0.15, 0.2) is 51.8 Å². The molecule has 0 saturated carbocycles. The maximum Gasteiger partial charge on any atom is 0.420 e. The smallest absolute Gasteiger partial charge is 0.420 e. The summed E-state index contributed by atoms with van der Waals surface area (Å²) in [6.07, 6.45) is -3.48. The number of halogens is 3. The first kappa shape index (κ1) is 19.0. The monoisotopic (exact) mass is 407 g/mol. The number of alkyl halides is 3. The summed E-state index contributed by atoms with van der Waals surface area (Å²) in [5, 5.41) is 0. The van der Waals surface area contributed by atoms with Crippen molar-refractivity contribution < 1.29 is 27.1 Å². The van der Waals surface area contributed by atoms with Crippen LogP contribution >= 0.6 is 0 Å². The molecule has 1 atom stereocenters. The van der Waals surface area contributed by atoms with E-state index in [9.17, 15) is 22.8 Å². The molecule has 1 aliphatic heterocycles. The van der Waals surface area contributed by atoms with Crippen molar-refractivity contribution in [1.82, 2.24) is 14.5 Å². The van der Waals surface area contributed by atoms with Crippen LogP contribution in [0.3, 0.4) is 0 Å². The normalized spacial score (nSPS) is 17.1. The van der Waals surface area contributed by atoms with Gasteiger partial charge in [0.1, 0.15) is 12.6 Å². The molecule has 3 aromatic rings. The third kappa shape index (κ3) is 3.96. The van der Waals surface area contributed by atoms with Crippen molar-refractivity contribution >= 4 is 17.0 Å². The maximum absolute atomic E-state index is 12.8. The number of hydrogen-bond acceptors (Lipinski definition) is 5. The van der Waals surface area contributed by atoms with Crippen LogP contribution in [0.1, 0.15) is 12.0 Å². The van der Waals surface area contributed by atoms with E-state index < -0.39 is 23.6 Å². The average molecular weight is 407 g/mol. The van der Waals surface area contributed by atoms with Gasteiger partial charge in [-0.3, -0.25) is 9.36 Å². The molecule has 4 rings (SSSR count). The van der Waals surface area contributed by atoms with Crippen LogP contribution in [0.5, 0.6) is 5.88 Å². The Kier molecular flexibility index (Phi) is 4.77. The van der Waals surface area contributed by atoms with E-state index >= 15 is 0 Å². The molecule has 0 aliphatic carbocycles. The number of nitrogens with zero attached hydrogens (tertiary/aromatic N) is 3. The number of rotatable bonds is 4. The van der Waals surface area contributed by atoms with Crippen LogP contribution in [0.4, 0.5) is 13.2 Å². The number of ether oxygens (including phenoxy) is 1. The first-order valence-electron chi connectivity index (χ1n) is 8.87. The molecule has 2 aromatic heterocycles. The Labute approximate surface area is 162 Å². The predicted molar refractivity (Wildman–Crippen MR) is 95.3 cm³/mol. The lowest BCUT2D eigenvalue weighted by Crippen LogP contribution is -2.35. The van der Waals surface area contributed by atoms with Crippen LogP contribution < -0.4 is 10.5 Å². The highest BCUT2D eigenvalue weighted by Crippen LogP contribution is 2.31. The van der Waals surface area contributed by atoms with E-state index in [0.717, 1.165) is 18.3 Å². The molecular formula is C19H16F3N3O4. The summed E-state index contributed by atoms with van der Waals surface area (Å²) < 4.78 is 50.3. The Morgan fingerprint density at radius 2 is 2.07 bits per heavy atom. The molecule has 0 spiro atoms. The minimum absolute atomic E-state index is 0.142. The summed E-state index contributed by atoms with van der Waals surface area (Å²) in [5.74, 6) is -1.07. The predicted octanol–water partition coefficient (Wildman–Crippen LogP) is 2.69. The molecule has 1 fully saturated rings. The highest BCUT2D eigenvalue weighted by molar-refractivity contribution is 5.79. The fourth-order valence-corrected chi connectivity index (χ4v) is 3.27. The van der Waals surface area contributed by atoms with Gasteiger partial charge in [-0.15, -0.1) is 0 Å². The second-order valence-corrected chi connectivity index (χ2v) is 6.67. The van der Waals surface area contributed by atoms with Crippen molar-refractivity contribution in [3.63, 3.8) is 0 Å². The van der Waals surface area contributed by atoms with Gasteiger partial charge >= 0.3 is 11.9 Å². The lowest BCUT2D eigenvalue weighted by atomic mass is 10.2. The number of para-hydroxylation sites is 2. The molecule has 0 N–H and O–H groups in total. The number of fused-ring (bicyclic) bond motifs is 1. The van der Waals surface area contributed by atoms with Gasteiger partial charge in [0, 0.05) is 25.2 Å². The maximum atomic E-state index is 12.8. The summed E-state index contributed by atoms with van der Waals surface area (Å²) in [6, 6.07) is 8.48. The molecule has 0 radical (unpaired) electrons. The van der Waals surface area contributed by atoms with E-state index in [0.29, 0.717) is 24.1 Å². The van der Waals surface area contributed by atoms with Gasteiger partial charge in [0.05, 0.1) is 17.6 Å². The van der Waals surface area contributed by atoms with Crippen molar-refractivity contribution in [2.24, 2.45) is 0 Å². The zero-order chi connectivity index (χ0) is 20.6. The standard InChI is InChI=1S/C19H16F3N3O4/c20-19(21,22)12-5-7-23-16(9-12)28-13-6-8-24(10-13)17(26)11-25-14-3-1-2-4-15(14)29-18(25)27/h1-5,7,9,13H,6,8,10-11H2. The zero-order valence-electron chi connectivity index (χ0n) is 15.1. The average Bonchev–Trinajstić information content (AvgIpc) is 3.26. The number of carbonyl (C=O) groups excluding carboxylic acids is 1. The molecule has 0 bridgehead atoms. The number of hydrogen-bond donors (Lipinski definition) is 0. The first-order chi connectivity index (χ1) is 13.8. The number of aromatic nitrogens is 2. The molecule has 1 aromatic carbocycles. The largest absolute Gasteiger partial charge is 0.472 e. The second-order valence-electron chi connectivity index (χ2n) is 6.67.